The molecule has 2 aliphatic rings. The number of fused-ring (bicyclic) bond motifs is 4. The van der Waals surface area contributed by atoms with Crippen molar-refractivity contribution in [3.05, 3.63) is 17.5 Å². The van der Waals surface area contributed by atoms with E-state index in [-0.39, 0.29) is 55.2 Å². The molecule has 0 unspecified atom stereocenters. The van der Waals surface area contributed by atoms with Crippen molar-refractivity contribution >= 4 is 57.8 Å². The minimum absolute atomic E-state index is 0. The number of aromatic nitrogens is 2. The second-order valence-corrected chi connectivity index (χ2v) is 13.0. The molecule has 1 aromatic heterocycles. The summed E-state index contributed by atoms with van der Waals surface area (Å²) < 4.78 is 97.0. The van der Waals surface area contributed by atoms with Gasteiger partial charge in [0, 0.05) is 56.3 Å². The van der Waals surface area contributed by atoms with Crippen molar-refractivity contribution in [2.75, 3.05) is 159 Å². The number of nitrogens with zero attached hydrogens (tertiary/aromatic N) is 5. The second kappa shape index (κ2) is 31.7. The van der Waals surface area contributed by atoms with Crippen LogP contribution in [0.3, 0.4) is 0 Å². The number of urea groups is 1. The number of likely N-dealkylation sites (N-methyl/N-ethyl adjacent to an activating group) is 1. The number of carbonyl (C=O) groups excluding carboxylic acids is 2. The minimum Gasteiger partial charge on any atom is -0.382 e. The van der Waals surface area contributed by atoms with E-state index in [0.29, 0.717) is 135 Å². The average Bonchev–Trinajstić information content (AvgIpc) is 3.71. The first kappa shape index (κ1) is 53.0. The molecule has 1 fully saturated rings. The van der Waals surface area contributed by atoms with Crippen LogP contribution >= 0.6 is 0 Å². The molecular weight excluding hydrogens is 823 g/mol. The number of nitrogens with one attached hydrogen (secondary N) is 1. The summed E-state index contributed by atoms with van der Waals surface area (Å²) in [6, 6.07) is -2.66. The summed E-state index contributed by atoms with van der Waals surface area (Å²) in [6.45, 7) is 8.21. The van der Waals surface area contributed by atoms with Crippen LogP contribution in [0.4, 0.5) is 4.79 Å². The van der Waals surface area contributed by atoms with Crippen molar-refractivity contribution in [3.8, 4) is 0 Å². The van der Waals surface area contributed by atoms with E-state index >= 15 is 0 Å². The topological polar surface area (TPSA) is 257 Å². The zero-order valence-corrected chi connectivity index (χ0v) is 37.1. The smallest absolute Gasteiger partial charge is 0.382 e. The van der Waals surface area contributed by atoms with Crippen LogP contribution in [0.1, 0.15) is 23.3 Å². The molecule has 2 bridgehead atoms. The van der Waals surface area contributed by atoms with E-state index < -0.39 is 41.1 Å². The first-order valence-corrected chi connectivity index (χ1v) is 20.0. The van der Waals surface area contributed by atoms with Crippen LogP contribution < -0.4 is 5.32 Å². The van der Waals surface area contributed by atoms with Crippen molar-refractivity contribution in [1.29, 1.82) is 0 Å². The number of amides is 2. The number of aryl methyl sites for hydroxylation is 1. The largest absolute Gasteiger partial charge is 0.418 e. The van der Waals surface area contributed by atoms with E-state index in [4.69, 9.17) is 56.9 Å². The Kier molecular flexibility index (Phi) is 28.4. The summed E-state index contributed by atoms with van der Waals surface area (Å²) in [5, 5.41) is 11.4. The Bertz CT molecular complexity index is 1450. The molecule has 1 aromatic rings. The Morgan fingerprint density at radius 1 is 0.763 bits per heavy atom. The number of hydrogen-bond donors (Lipinski definition) is 2. The summed E-state index contributed by atoms with van der Waals surface area (Å²) in [5.41, 5.74) is 0.928. The molecule has 59 heavy (non-hydrogen) atoms. The monoisotopic (exact) mass is 881 g/mol. The maximum absolute atomic E-state index is 13.0. The molecule has 3 heterocycles. The third-order valence-electron chi connectivity index (χ3n) is 7.97. The molecule has 1 saturated heterocycles. The standard InChI is InChI=1S/C33H58N6O18S.Na/c1-34-32(31-30-27(24-35-37(30)2)28-25-38(31)33(41)39(28)57-58(42,43)44)36-56-29(40)26-55-23-22-54-21-20-53-19-18-52-17-16-51-15-14-50-13-12-49-11-10-48-9-8-47-7-6-46-5-4-45-3;/h24,28,31H,4-23,25-26H2,1-3H3,(H,34,36)(H,42,43,44);/t28-,31-;/m0./s1. The predicted octanol–water partition coefficient (Wildman–Crippen LogP) is -1.50. The van der Waals surface area contributed by atoms with Gasteiger partial charge in [0.25, 0.3) is 0 Å². The number of ether oxygens (including phenoxy) is 11. The predicted molar refractivity (Wildman–Crippen MR) is 204 cm³/mol. The van der Waals surface area contributed by atoms with Crippen molar-refractivity contribution < 1.29 is 83.8 Å². The van der Waals surface area contributed by atoms with Gasteiger partial charge in [0.2, 0.25) is 0 Å². The van der Waals surface area contributed by atoms with Gasteiger partial charge in [0.15, 0.2) is 5.84 Å². The number of methoxy groups -OCH3 is 1. The summed E-state index contributed by atoms with van der Waals surface area (Å²) in [5.74, 6) is -0.763. The van der Waals surface area contributed by atoms with Gasteiger partial charge < -0.3 is 67.2 Å². The van der Waals surface area contributed by atoms with Gasteiger partial charge in [-0.05, 0) is 0 Å². The van der Waals surface area contributed by atoms with Gasteiger partial charge in [-0.25, -0.2) is 9.59 Å². The third kappa shape index (κ3) is 21.0. The van der Waals surface area contributed by atoms with E-state index in [2.05, 4.69) is 19.9 Å². The molecule has 2 aliphatic heterocycles. The van der Waals surface area contributed by atoms with E-state index in [9.17, 15) is 22.6 Å². The summed E-state index contributed by atoms with van der Waals surface area (Å²) in [7, 11) is -0.229. The minimum atomic E-state index is -4.98. The van der Waals surface area contributed by atoms with Crippen molar-refractivity contribution in [2.24, 2.45) is 12.2 Å². The fourth-order valence-electron chi connectivity index (χ4n) is 5.34. The molecule has 335 valence electrons. The number of hydrogen-bond acceptors (Lipinski definition) is 19. The molecule has 0 aromatic carbocycles. The van der Waals surface area contributed by atoms with Gasteiger partial charge in [-0.3, -0.25) is 9.23 Å². The molecule has 2 N–H and O–H groups in total. The zero-order valence-electron chi connectivity index (χ0n) is 34.3. The molecule has 24 nitrogen and oxygen atoms in total. The molecule has 0 saturated carbocycles. The Labute approximate surface area is 366 Å². The normalized spacial score (nSPS) is 16.4. The first-order chi connectivity index (χ1) is 28.2. The van der Waals surface area contributed by atoms with Crippen LogP contribution in [0.15, 0.2) is 11.4 Å². The molecule has 2 atom stereocenters. The van der Waals surface area contributed by atoms with E-state index in [0.717, 1.165) is 0 Å². The van der Waals surface area contributed by atoms with Crippen LogP contribution in [0.2, 0.25) is 0 Å². The van der Waals surface area contributed by atoms with E-state index in [1.165, 1.54) is 22.8 Å². The van der Waals surface area contributed by atoms with Crippen molar-refractivity contribution in [3.63, 3.8) is 0 Å². The Hall–Kier alpha value is -2.15. The number of rotatable bonds is 36. The van der Waals surface area contributed by atoms with Gasteiger partial charge in [0.05, 0.1) is 151 Å². The number of hydroxylamine groups is 2. The van der Waals surface area contributed by atoms with Gasteiger partial charge in [-0.1, -0.05) is 5.16 Å². The summed E-state index contributed by atoms with van der Waals surface area (Å²) >= 11 is 0. The summed E-state index contributed by atoms with van der Waals surface area (Å²) in [6.07, 6.45) is 1.45. The first-order valence-electron chi connectivity index (χ1n) is 18.7. The Balaban J connectivity index is 0.0000120. The number of carbonyl (C=O) groups is 2. The van der Waals surface area contributed by atoms with Gasteiger partial charge in [-0.2, -0.15) is 18.6 Å². The summed E-state index contributed by atoms with van der Waals surface area (Å²) in [4.78, 5) is 31.6. The van der Waals surface area contributed by atoms with E-state index in [1.54, 1.807) is 14.2 Å². The van der Waals surface area contributed by atoms with Crippen molar-refractivity contribution in [2.45, 2.75) is 12.1 Å². The van der Waals surface area contributed by atoms with Crippen LogP contribution in [-0.2, 0) is 83.5 Å². The third-order valence-corrected chi connectivity index (χ3v) is 8.32. The van der Waals surface area contributed by atoms with Crippen LogP contribution in [-0.4, -0.2) is 240 Å². The fourth-order valence-corrected chi connectivity index (χ4v) is 5.71. The molecule has 0 aliphatic carbocycles. The fraction of sp³-hybridized carbons (Fsp3) is 0.818. The second-order valence-electron chi connectivity index (χ2n) is 12.0. The van der Waals surface area contributed by atoms with Crippen molar-refractivity contribution in [1.82, 2.24) is 25.1 Å². The molecule has 26 heteroatoms. The SMILES string of the molecule is CN/C(=N\OC(=O)COCCOCCOCCOCCOCCOCCOCCOCCOCCOCCOC)[C@@H]1c2c(cnn2C)[C@@H]2CN1C(=O)N2OS(=O)(=O)O.[Na]. The van der Waals surface area contributed by atoms with Crippen LogP contribution in [0.5, 0.6) is 0 Å². The van der Waals surface area contributed by atoms with Crippen LogP contribution in [0, 0.1) is 0 Å². The van der Waals surface area contributed by atoms with Gasteiger partial charge >= 0.3 is 22.4 Å². The Morgan fingerprint density at radius 2 is 1.17 bits per heavy atom. The molecular formula is C33H58N6NaO18S. The maximum Gasteiger partial charge on any atom is 0.418 e. The molecule has 1 radical (unpaired) electrons. The quantitative estimate of drug-likeness (QED) is 0.0148. The maximum atomic E-state index is 13.0. The Morgan fingerprint density at radius 3 is 1.56 bits per heavy atom. The van der Waals surface area contributed by atoms with Crippen LogP contribution in [0.25, 0.3) is 0 Å². The molecule has 3 rings (SSSR count). The average molecular weight is 882 g/mol. The van der Waals surface area contributed by atoms with Gasteiger partial charge in [-0.15, -0.1) is 4.28 Å². The number of amidine groups is 1. The van der Waals surface area contributed by atoms with Gasteiger partial charge in [0.1, 0.15) is 18.7 Å². The molecule has 0 spiro atoms. The van der Waals surface area contributed by atoms with E-state index in [1.807, 2.05) is 0 Å². The zero-order chi connectivity index (χ0) is 41.9. The molecule has 2 amide bonds. The number of oxime groups is 1.